The van der Waals surface area contributed by atoms with Gasteiger partial charge >= 0.3 is 6.09 Å². The number of pyridine rings is 1. The molecule has 2 bridgehead atoms. The number of nitrogens with zero attached hydrogens (tertiary/aromatic N) is 3. The van der Waals surface area contributed by atoms with Gasteiger partial charge < -0.3 is 34.6 Å². The fraction of sp³-hybridized carbons (Fsp3) is 0.674. The molecule has 62 heavy (non-hydrogen) atoms. The highest BCUT2D eigenvalue weighted by Gasteiger charge is 2.63. The predicted molar refractivity (Wildman–Crippen MR) is 233 cm³/mol. The normalized spacial score (nSPS) is 30.0. The predicted octanol–water partition coefficient (Wildman–Crippen LogP) is 5.15. The number of nitrogens with one attached hydrogen (secondary N) is 3. The standard InChI is InChI=1S/C46H64N6O9S/c1-6-30-27-46(30,42(55)50-62(57,58)45(5)19-20-45)49-39(53)35-26-31-28-52(35)41(54)38(44(2,3)4)48-43(56)61-36-25-29(36)15-8-7-9-17-33-37(59-24-14-23-51-21-12-13-22-51)32-16-10-11-18-34(32)47-40(33)60-31/h6,10-11,16,18,29-31,35-36,38H,1,7-9,12-15,17,19-28H2,2-5H3,(H,48,56)(H,49,53)(H,50,55)/t29-,30-,31-,35+,36-,38-,46-/m1/s1. The number of hydrogen-bond acceptors (Lipinski definition) is 11. The zero-order chi connectivity index (χ0) is 44.0. The molecular formula is C46H64N6O9S. The van der Waals surface area contributed by atoms with E-state index >= 15 is 0 Å². The molecule has 7 atom stereocenters. The van der Waals surface area contributed by atoms with Crippen LogP contribution < -0.4 is 24.8 Å². The first-order chi connectivity index (χ1) is 29.5. The maximum absolute atomic E-state index is 14.9. The summed E-state index contributed by atoms with van der Waals surface area (Å²) in [7, 11) is -4.01. The third-order valence-corrected chi connectivity index (χ3v) is 16.1. The van der Waals surface area contributed by atoms with Crippen molar-refractivity contribution in [2.45, 2.75) is 146 Å². The molecule has 0 radical (unpaired) electrons. The van der Waals surface area contributed by atoms with Crippen molar-refractivity contribution in [3.05, 3.63) is 42.5 Å². The van der Waals surface area contributed by atoms with Crippen LogP contribution in [-0.4, -0.2) is 114 Å². The van der Waals surface area contributed by atoms with Gasteiger partial charge in [-0.1, -0.05) is 51.8 Å². The number of hydrogen-bond donors (Lipinski definition) is 3. The molecule has 5 fully saturated rings. The van der Waals surface area contributed by atoms with Gasteiger partial charge in [-0.25, -0.2) is 18.2 Å². The highest BCUT2D eigenvalue weighted by molar-refractivity contribution is 7.91. The van der Waals surface area contributed by atoms with E-state index in [4.69, 9.17) is 19.2 Å². The highest BCUT2D eigenvalue weighted by atomic mass is 32.2. The van der Waals surface area contributed by atoms with E-state index in [1.165, 1.54) is 23.8 Å². The Bertz CT molecular complexity index is 2180. The van der Waals surface area contributed by atoms with Crippen molar-refractivity contribution in [3.63, 3.8) is 0 Å². The number of carbonyl (C=O) groups excluding carboxylic acids is 4. The minimum atomic E-state index is -4.01. The molecule has 0 spiro atoms. The number of alkyl carbamates (subject to hydrolysis) is 1. The molecule has 16 heteroatoms. The highest BCUT2D eigenvalue weighted by Crippen LogP contribution is 2.47. The van der Waals surface area contributed by atoms with Crippen molar-refractivity contribution in [1.29, 1.82) is 0 Å². The quantitative estimate of drug-likeness (QED) is 0.200. The summed E-state index contributed by atoms with van der Waals surface area (Å²) >= 11 is 0. The topological polar surface area (TPSA) is 186 Å². The van der Waals surface area contributed by atoms with Crippen LogP contribution in [0.4, 0.5) is 4.79 Å². The lowest BCUT2D eigenvalue weighted by atomic mass is 9.85. The average molecular weight is 877 g/mol. The van der Waals surface area contributed by atoms with E-state index in [0.717, 1.165) is 74.9 Å². The number of likely N-dealkylation sites (tertiary alicyclic amines) is 1. The number of aromatic nitrogens is 1. The van der Waals surface area contributed by atoms with Gasteiger partial charge in [0.2, 0.25) is 27.7 Å². The molecule has 8 rings (SSSR count). The third-order valence-electron chi connectivity index (χ3n) is 14.0. The van der Waals surface area contributed by atoms with Crippen molar-refractivity contribution >= 4 is 44.7 Å². The van der Waals surface area contributed by atoms with E-state index in [0.29, 0.717) is 37.3 Å². The van der Waals surface area contributed by atoms with Crippen LogP contribution in [-0.2, 0) is 35.6 Å². The lowest BCUT2D eigenvalue weighted by Gasteiger charge is -2.35. The van der Waals surface area contributed by atoms with Crippen LogP contribution in [0.3, 0.4) is 0 Å². The second-order valence-electron chi connectivity index (χ2n) is 19.8. The number of amides is 4. The monoisotopic (exact) mass is 876 g/mol. The number of ether oxygens (including phenoxy) is 3. The second-order valence-corrected chi connectivity index (χ2v) is 22.0. The van der Waals surface area contributed by atoms with Gasteiger partial charge in [0.25, 0.3) is 5.91 Å². The van der Waals surface area contributed by atoms with Gasteiger partial charge in [-0.3, -0.25) is 19.1 Å². The van der Waals surface area contributed by atoms with Crippen LogP contribution >= 0.6 is 0 Å². The molecule has 3 N–H and O–H groups in total. The Hall–Kier alpha value is -4.44. The number of rotatable bonds is 11. The first kappa shape index (κ1) is 44.2. The molecule has 3 saturated carbocycles. The van der Waals surface area contributed by atoms with Gasteiger partial charge in [-0.15, -0.1) is 6.58 Å². The van der Waals surface area contributed by atoms with Crippen molar-refractivity contribution in [3.8, 4) is 11.6 Å². The first-order valence-corrected chi connectivity index (χ1v) is 24.2. The summed E-state index contributed by atoms with van der Waals surface area (Å²) in [5.74, 6) is -1.15. The zero-order valence-corrected chi connectivity index (χ0v) is 37.5. The molecule has 4 amide bonds. The fourth-order valence-corrected chi connectivity index (χ4v) is 10.8. The zero-order valence-electron chi connectivity index (χ0n) is 36.7. The minimum Gasteiger partial charge on any atom is -0.492 e. The average Bonchev–Trinajstić information content (AvgIpc) is 4.17. The number of para-hydroxylation sites is 1. The molecule has 2 aromatic rings. The number of benzene rings is 1. The number of carbonyl (C=O) groups is 4. The smallest absolute Gasteiger partial charge is 0.408 e. The van der Waals surface area contributed by atoms with E-state index in [9.17, 15) is 27.6 Å². The van der Waals surface area contributed by atoms with E-state index in [2.05, 4.69) is 26.8 Å². The third kappa shape index (κ3) is 9.27. The van der Waals surface area contributed by atoms with Gasteiger partial charge in [0.15, 0.2) is 0 Å². The summed E-state index contributed by atoms with van der Waals surface area (Å²) in [6, 6.07) is 5.60. The SMILES string of the molecule is C=C[C@@H]1C[C@]1(NC(=O)[C@@H]1C[C@@H]2CN1C(=O)[C@H](C(C)(C)C)NC(=O)O[C@@H]1C[C@H]1CCCCCc1c(nc3ccccc3c1OCCCN1CCCC1)O2)C(=O)NS(=O)(=O)C1(C)CC1. The Morgan fingerprint density at radius 1 is 1.06 bits per heavy atom. The number of fused-ring (bicyclic) bond motifs is 5. The molecule has 338 valence electrons. The van der Waals surface area contributed by atoms with Gasteiger partial charge in [0.05, 0.1) is 29.0 Å². The van der Waals surface area contributed by atoms with Crippen LogP contribution in [0.2, 0.25) is 0 Å². The van der Waals surface area contributed by atoms with Crippen molar-refractivity contribution in [2.75, 3.05) is 32.8 Å². The number of sulfonamides is 1. The summed E-state index contributed by atoms with van der Waals surface area (Å²) in [6.45, 7) is 14.6. The van der Waals surface area contributed by atoms with Crippen molar-refractivity contribution in [1.82, 2.24) is 30.1 Å². The first-order valence-electron chi connectivity index (χ1n) is 22.7. The Kier molecular flexibility index (Phi) is 12.3. The Morgan fingerprint density at radius 3 is 2.53 bits per heavy atom. The summed E-state index contributed by atoms with van der Waals surface area (Å²) in [4.78, 5) is 65.6. The van der Waals surface area contributed by atoms with Crippen LogP contribution in [0.5, 0.6) is 11.6 Å². The summed E-state index contributed by atoms with van der Waals surface area (Å²) in [5.41, 5.74) is -0.827. The lowest BCUT2D eigenvalue weighted by Crippen LogP contribution is -2.60. The van der Waals surface area contributed by atoms with Crippen LogP contribution in [0, 0.1) is 17.3 Å². The summed E-state index contributed by atoms with van der Waals surface area (Å²) in [5, 5.41) is 6.60. The summed E-state index contributed by atoms with van der Waals surface area (Å²) < 4.78 is 46.9. The fourth-order valence-electron chi connectivity index (χ4n) is 9.46. The van der Waals surface area contributed by atoms with E-state index in [1.807, 2.05) is 45.0 Å². The van der Waals surface area contributed by atoms with E-state index in [-0.39, 0.29) is 31.4 Å². The van der Waals surface area contributed by atoms with Gasteiger partial charge in [-0.05, 0) is 108 Å². The molecule has 6 aliphatic rings. The van der Waals surface area contributed by atoms with Crippen LogP contribution in [0.1, 0.15) is 110 Å². The van der Waals surface area contributed by atoms with E-state index < -0.39 is 73.6 Å². The van der Waals surface area contributed by atoms with Gasteiger partial charge in [0.1, 0.15) is 35.6 Å². The Morgan fingerprint density at radius 2 is 1.82 bits per heavy atom. The second kappa shape index (κ2) is 17.3. The largest absolute Gasteiger partial charge is 0.492 e. The van der Waals surface area contributed by atoms with Crippen molar-refractivity contribution in [2.24, 2.45) is 17.3 Å². The minimum absolute atomic E-state index is 0.0261. The Labute approximate surface area is 365 Å². The maximum atomic E-state index is 14.9. The van der Waals surface area contributed by atoms with Crippen molar-refractivity contribution < 1.29 is 41.8 Å². The molecular weight excluding hydrogens is 813 g/mol. The molecule has 4 heterocycles. The molecule has 2 saturated heterocycles. The Balaban J connectivity index is 1.12. The molecule has 1 aromatic carbocycles. The van der Waals surface area contributed by atoms with Gasteiger partial charge in [-0.2, -0.15) is 0 Å². The lowest BCUT2D eigenvalue weighted by molar-refractivity contribution is -0.142. The van der Waals surface area contributed by atoms with Crippen LogP contribution in [0.25, 0.3) is 10.9 Å². The molecule has 1 aromatic heterocycles. The molecule has 3 aliphatic heterocycles. The van der Waals surface area contributed by atoms with E-state index in [1.54, 1.807) is 6.92 Å². The maximum Gasteiger partial charge on any atom is 0.408 e. The molecule has 0 unspecified atom stereocenters. The molecule has 15 nitrogen and oxygen atoms in total. The summed E-state index contributed by atoms with van der Waals surface area (Å²) in [6.07, 6.45) is 9.32. The van der Waals surface area contributed by atoms with Gasteiger partial charge in [0, 0.05) is 24.3 Å². The molecule has 3 aliphatic carbocycles. The van der Waals surface area contributed by atoms with Crippen LogP contribution in [0.15, 0.2) is 36.9 Å².